The number of fused-ring (bicyclic) bond motifs is 1. The van der Waals surface area contributed by atoms with E-state index in [2.05, 4.69) is 9.72 Å². The van der Waals surface area contributed by atoms with Crippen molar-refractivity contribution in [2.24, 2.45) is 0 Å². The number of pyridine rings is 1. The topological polar surface area (TPSA) is 26.5 Å². The normalized spacial score (nSPS) is 11.1. The summed E-state index contributed by atoms with van der Waals surface area (Å²) in [5.74, 6) is 0.141. The Morgan fingerprint density at radius 2 is 1.84 bits per heavy atom. The van der Waals surface area contributed by atoms with Crippen molar-refractivity contribution < 1.29 is 13.5 Å². The van der Waals surface area contributed by atoms with Gasteiger partial charge in [-0.25, -0.2) is 4.98 Å². The van der Waals surface area contributed by atoms with E-state index >= 15 is 0 Å². The molecule has 3 rings (SSSR count). The van der Waals surface area contributed by atoms with Crippen molar-refractivity contribution in [3.05, 3.63) is 54.9 Å². The van der Waals surface area contributed by atoms with Crippen LogP contribution in [0.2, 0.25) is 0 Å². The van der Waals surface area contributed by atoms with E-state index in [9.17, 15) is 8.78 Å². The number of hydrogen-bond acceptors (Lipinski definition) is 2. The van der Waals surface area contributed by atoms with E-state index in [1.807, 2.05) is 35.0 Å². The maximum atomic E-state index is 12.0. The summed E-state index contributed by atoms with van der Waals surface area (Å²) in [6, 6.07) is 12.2. The quantitative estimate of drug-likeness (QED) is 0.719. The highest BCUT2D eigenvalue weighted by Gasteiger charge is 2.06. The minimum atomic E-state index is -2.80. The van der Waals surface area contributed by atoms with Gasteiger partial charge >= 0.3 is 6.61 Å². The number of benzene rings is 1. The van der Waals surface area contributed by atoms with Crippen LogP contribution in [0.3, 0.4) is 0 Å². The Balaban J connectivity index is 1.93. The second-order valence-corrected chi connectivity index (χ2v) is 4.00. The lowest BCUT2D eigenvalue weighted by molar-refractivity contribution is -0.0498. The lowest BCUT2D eigenvalue weighted by atomic mass is 10.2. The third kappa shape index (κ3) is 2.40. The molecule has 0 aliphatic heterocycles. The van der Waals surface area contributed by atoms with Gasteiger partial charge in [0, 0.05) is 18.0 Å². The highest BCUT2D eigenvalue weighted by Crippen LogP contribution is 2.22. The van der Waals surface area contributed by atoms with E-state index < -0.39 is 6.61 Å². The second-order valence-electron chi connectivity index (χ2n) is 4.00. The molecule has 0 bridgehead atoms. The SMILES string of the molecule is FC(F)Oc1ccc(-c2cn3ccccc3n2)cc1. The molecule has 0 unspecified atom stereocenters. The van der Waals surface area contributed by atoms with Crippen molar-refractivity contribution in [1.29, 1.82) is 0 Å². The summed E-state index contributed by atoms with van der Waals surface area (Å²) in [7, 11) is 0. The van der Waals surface area contributed by atoms with Crippen LogP contribution < -0.4 is 4.74 Å². The molecule has 0 aliphatic rings. The Morgan fingerprint density at radius 1 is 1.05 bits per heavy atom. The van der Waals surface area contributed by atoms with Gasteiger partial charge in [0.05, 0.1) is 5.69 Å². The van der Waals surface area contributed by atoms with Crippen LogP contribution in [0.1, 0.15) is 0 Å². The molecule has 2 aromatic heterocycles. The standard InChI is InChI=1S/C14H10F2N2O/c15-14(16)19-11-6-4-10(5-7-11)12-9-18-8-2-1-3-13(18)17-12/h1-9,14H. The first-order valence-electron chi connectivity index (χ1n) is 5.71. The zero-order valence-corrected chi connectivity index (χ0v) is 9.83. The number of halogens is 2. The Hall–Kier alpha value is -2.43. The Bertz CT molecular complexity index is 659. The first kappa shape index (κ1) is 11.6. The molecule has 0 aliphatic carbocycles. The molecule has 3 aromatic rings. The molecular formula is C14H10F2N2O. The fraction of sp³-hybridized carbons (Fsp3) is 0.0714. The predicted octanol–water partition coefficient (Wildman–Crippen LogP) is 3.60. The van der Waals surface area contributed by atoms with Crippen molar-refractivity contribution in [2.45, 2.75) is 6.61 Å². The van der Waals surface area contributed by atoms with Gasteiger partial charge in [0.25, 0.3) is 0 Å². The number of imidazole rings is 1. The molecule has 0 radical (unpaired) electrons. The third-order valence-corrected chi connectivity index (χ3v) is 2.74. The van der Waals surface area contributed by atoms with Crippen LogP contribution in [0.4, 0.5) is 8.78 Å². The van der Waals surface area contributed by atoms with Gasteiger partial charge in [-0.3, -0.25) is 0 Å². The van der Waals surface area contributed by atoms with Gasteiger partial charge in [0.1, 0.15) is 11.4 Å². The molecule has 0 saturated carbocycles. The van der Waals surface area contributed by atoms with Crippen molar-refractivity contribution >= 4 is 5.65 Å². The summed E-state index contributed by atoms with van der Waals surface area (Å²) in [4.78, 5) is 4.45. The van der Waals surface area contributed by atoms with Crippen molar-refractivity contribution in [3.8, 4) is 17.0 Å². The van der Waals surface area contributed by atoms with Crippen LogP contribution in [0, 0.1) is 0 Å². The van der Waals surface area contributed by atoms with Crippen LogP contribution in [0.15, 0.2) is 54.9 Å². The first-order valence-corrected chi connectivity index (χ1v) is 5.71. The molecule has 5 heteroatoms. The molecule has 0 spiro atoms. The number of hydrogen-bond donors (Lipinski definition) is 0. The smallest absolute Gasteiger partial charge is 0.387 e. The molecular weight excluding hydrogens is 250 g/mol. The molecule has 3 nitrogen and oxygen atoms in total. The molecule has 1 aromatic carbocycles. The second kappa shape index (κ2) is 4.68. The zero-order valence-electron chi connectivity index (χ0n) is 9.83. The van der Waals surface area contributed by atoms with Gasteiger partial charge in [-0.2, -0.15) is 8.78 Å². The van der Waals surface area contributed by atoms with Crippen LogP contribution in [0.25, 0.3) is 16.9 Å². The van der Waals surface area contributed by atoms with Crippen LogP contribution >= 0.6 is 0 Å². The van der Waals surface area contributed by atoms with E-state index in [0.717, 1.165) is 16.9 Å². The summed E-state index contributed by atoms with van der Waals surface area (Å²) in [6.45, 7) is -2.80. The third-order valence-electron chi connectivity index (χ3n) is 2.74. The monoisotopic (exact) mass is 260 g/mol. The average molecular weight is 260 g/mol. The minimum Gasteiger partial charge on any atom is -0.435 e. The summed E-state index contributed by atoms with van der Waals surface area (Å²) >= 11 is 0. The number of ether oxygens (including phenoxy) is 1. The summed E-state index contributed by atoms with van der Waals surface area (Å²) in [5.41, 5.74) is 2.48. The zero-order chi connectivity index (χ0) is 13.2. The average Bonchev–Trinajstić information content (AvgIpc) is 2.82. The van der Waals surface area contributed by atoms with Crippen LogP contribution in [-0.2, 0) is 0 Å². The fourth-order valence-corrected chi connectivity index (χ4v) is 1.88. The fourth-order valence-electron chi connectivity index (χ4n) is 1.88. The molecule has 96 valence electrons. The van der Waals surface area contributed by atoms with Gasteiger partial charge < -0.3 is 9.14 Å². The maximum absolute atomic E-state index is 12.0. The summed E-state index contributed by atoms with van der Waals surface area (Å²) < 4.78 is 30.3. The molecule has 0 amide bonds. The largest absolute Gasteiger partial charge is 0.435 e. The highest BCUT2D eigenvalue weighted by atomic mass is 19.3. The molecule has 2 heterocycles. The number of rotatable bonds is 3. The summed E-state index contributed by atoms with van der Waals surface area (Å²) in [6.07, 6.45) is 3.79. The van der Waals surface area contributed by atoms with Crippen LogP contribution in [-0.4, -0.2) is 16.0 Å². The van der Waals surface area contributed by atoms with Crippen molar-refractivity contribution in [3.63, 3.8) is 0 Å². The lowest BCUT2D eigenvalue weighted by Crippen LogP contribution is -2.01. The molecule has 0 N–H and O–H groups in total. The molecule has 19 heavy (non-hydrogen) atoms. The molecule has 0 atom stereocenters. The Labute approximate surface area is 108 Å². The Morgan fingerprint density at radius 3 is 2.53 bits per heavy atom. The van der Waals surface area contributed by atoms with E-state index in [1.54, 1.807) is 12.1 Å². The van der Waals surface area contributed by atoms with Gasteiger partial charge in [-0.05, 0) is 36.4 Å². The Kier molecular flexibility index (Phi) is 2.87. The number of nitrogens with zero attached hydrogens (tertiary/aromatic N) is 2. The molecule has 0 fully saturated rings. The molecule has 0 saturated heterocycles. The number of alkyl halides is 2. The van der Waals surface area contributed by atoms with Gasteiger partial charge in [0.2, 0.25) is 0 Å². The van der Waals surface area contributed by atoms with E-state index in [-0.39, 0.29) is 5.75 Å². The first-order chi connectivity index (χ1) is 9.22. The van der Waals surface area contributed by atoms with Crippen LogP contribution in [0.5, 0.6) is 5.75 Å². The van der Waals surface area contributed by atoms with Gasteiger partial charge in [-0.15, -0.1) is 0 Å². The van der Waals surface area contributed by atoms with Gasteiger partial charge in [-0.1, -0.05) is 6.07 Å². The summed E-state index contributed by atoms with van der Waals surface area (Å²) in [5, 5.41) is 0. The highest BCUT2D eigenvalue weighted by molar-refractivity contribution is 5.63. The van der Waals surface area contributed by atoms with Gasteiger partial charge in [0.15, 0.2) is 0 Å². The van der Waals surface area contributed by atoms with E-state index in [1.165, 1.54) is 12.1 Å². The predicted molar refractivity (Wildman–Crippen MR) is 67.3 cm³/mol. The maximum Gasteiger partial charge on any atom is 0.387 e. The number of aromatic nitrogens is 2. The van der Waals surface area contributed by atoms with E-state index in [4.69, 9.17) is 0 Å². The van der Waals surface area contributed by atoms with Crippen molar-refractivity contribution in [1.82, 2.24) is 9.38 Å². The van der Waals surface area contributed by atoms with E-state index in [0.29, 0.717) is 0 Å². The lowest BCUT2D eigenvalue weighted by Gasteiger charge is -2.04. The minimum absolute atomic E-state index is 0.141. The van der Waals surface area contributed by atoms with Crippen molar-refractivity contribution in [2.75, 3.05) is 0 Å².